The molecule has 10 heteroatoms. The Hall–Kier alpha value is -2.86. The van der Waals surface area contributed by atoms with Crippen molar-refractivity contribution in [3.63, 3.8) is 0 Å². The molecule has 0 unspecified atom stereocenters. The zero-order valence-electron chi connectivity index (χ0n) is 18.8. The Labute approximate surface area is 200 Å². The number of carbonyl (C=O) groups is 2. The van der Waals surface area contributed by atoms with Crippen molar-refractivity contribution in [3.05, 3.63) is 57.6 Å². The van der Waals surface area contributed by atoms with Crippen LogP contribution in [0.3, 0.4) is 0 Å². The van der Waals surface area contributed by atoms with Gasteiger partial charge in [-0.2, -0.15) is 0 Å². The van der Waals surface area contributed by atoms with Crippen LogP contribution >= 0.6 is 0 Å². The number of ether oxygens (including phenoxy) is 2. The van der Waals surface area contributed by atoms with Gasteiger partial charge in [0.15, 0.2) is 17.9 Å². The van der Waals surface area contributed by atoms with Gasteiger partial charge in [0.05, 0.1) is 41.6 Å². The number of aliphatic hydroxyl groups excluding tert-OH is 3. The molecule has 0 spiro atoms. The van der Waals surface area contributed by atoms with E-state index in [-0.39, 0.29) is 52.6 Å². The molecule has 6 atom stereocenters. The number of hydrogen-bond acceptors (Lipinski definition) is 10. The summed E-state index contributed by atoms with van der Waals surface area (Å²) in [6, 6.07) is 6.07. The van der Waals surface area contributed by atoms with Crippen LogP contribution in [0.4, 0.5) is 0 Å². The second-order valence-electron chi connectivity index (χ2n) is 9.50. The lowest BCUT2D eigenvalue weighted by atomic mass is 9.73. The number of phenols is 2. The van der Waals surface area contributed by atoms with Crippen molar-refractivity contribution in [2.24, 2.45) is 0 Å². The van der Waals surface area contributed by atoms with Gasteiger partial charge in [-0.15, -0.1) is 0 Å². The van der Waals surface area contributed by atoms with Gasteiger partial charge in [0.25, 0.3) is 0 Å². The molecule has 2 aromatic rings. The SMILES string of the molecule is C[C@@H]1O[C@H](O[C@H]2C[C@@](O)(CO)Cc3c(O)c4c(c(O)c32)C(=O)c2ccccc2C4=O)C[C@H](O)[C@@H]1O. The van der Waals surface area contributed by atoms with Gasteiger partial charge < -0.3 is 40.1 Å². The zero-order valence-corrected chi connectivity index (χ0v) is 18.8. The van der Waals surface area contributed by atoms with E-state index in [0.717, 1.165) is 0 Å². The van der Waals surface area contributed by atoms with E-state index in [9.17, 15) is 40.2 Å². The minimum absolute atomic E-state index is 0.00299. The molecule has 2 aromatic carbocycles. The molecule has 0 aromatic heterocycles. The van der Waals surface area contributed by atoms with Gasteiger partial charge in [0.1, 0.15) is 17.6 Å². The third kappa shape index (κ3) is 3.65. The molecule has 1 heterocycles. The van der Waals surface area contributed by atoms with Crippen LogP contribution in [0.25, 0.3) is 0 Å². The maximum absolute atomic E-state index is 13.3. The molecule has 35 heavy (non-hydrogen) atoms. The van der Waals surface area contributed by atoms with E-state index < -0.39 is 66.0 Å². The monoisotopic (exact) mass is 486 g/mol. The molecule has 2 aliphatic carbocycles. The van der Waals surface area contributed by atoms with Crippen molar-refractivity contribution in [1.29, 1.82) is 0 Å². The summed E-state index contributed by atoms with van der Waals surface area (Å²) in [5.74, 6) is -2.43. The third-order valence-corrected chi connectivity index (χ3v) is 7.14. The van der Waals surface area contributed by atoms with E-state index in [0.29, 0.717) is 0 Å². The van der Waals surface area contributed by atoms with Crippen LogP contribution in [0.2, 0.25) is 0 Å². The molecule has 0 bridgehead atoms. The van der Waals surface area contributed by atoms with Crippen molar-refractivity contribution in [1.82, 2.24) is 0 Å². The van der Waals surface area contributed by atoms with Crippen LogP contribution in [-0.4, -0.2) is 79.0 Å². The first-order valence-electron chi connectivity index (χ1n) is 11.4. The number of carbonyl (C=O) groups excluding carboxylic acids is 2. The second kappa shape index (κ2) is 8.37. The third-order valence-electron chi connectivity index (χ3n) is 7.14. The van der Waals surface area contributed by atoms with Gasteiger partial charge in [0, 0.05) is 41.5 Å². The first-order chi connectivity index (χ1) is 16.6. The Balaban J connectivity index is 1.64. The molecule has 0 saturated carbocycles. The molecule has 1 fully saturated rings. The van der Waals surface area contributed by atoms with Crippen LogP contribution in [0.5, 0.6) is 11.5 Å². The molecule has 186 valence electrons. The molecule has 1 aliphatic heterocycles. The average molecular weight is 486 g/mol. The number of benzene rings is 2. The van der Waals surface area contributed by atoms with E-state index in [4.69, 9.17) is 9.47 Å². The number of ketones is 2. The van der Waals surface area contributed by atoms with Gasteiger partial charge in [-0.05, 0) is 6.92 Å². The number of phenolic OH excluding ortho intramolecular Hbond substituents is 2. The maximum atomic E-state index is 13.3. The topological polar surface area (TPSA) is 174 Å². The van der Waals surface area contributed by atoms with E-state index in [1.165, 1.54) is 12.1 Å². The molecule has 0 radical (unpaired) electrons. The quantitative estimate of drug-likeness (QED) is 0.285. The molecule has 10 nitrogen and oxygen atoms in total. The summed E-state index contributed by atoms with van der Waals surface area (Å²) in [5.41, 5.74) is -2.36. The molecule has 1 saturated heterocycles. The lowest BCUT2D eigenvalue weighted by Crippen LogP contribution is -2.49. The lowest BCUT2D eigenvalue weighted by Gasteiger charge is -2.42. The van der Waals surface area contributed by atoms with Gasteiger partial charge >= 0.3 is 0 Å². The first-order valence-corrected chi connectivity index (χ1v) is 11.4. The zero-order chi connectivity index (χ0) is 25.2. The minimum Gasteiger partial charge on any atom is -0.507 e. The van der Waals surface area contributed by atoms with E-state index >= 15 is 0 Å². The van der Waals surface area contributed by atoms with Crippen LogP contribution in [-0.2, 0) is 15.9 Å². The molecule has 5 rings (SSSR count). The number of fused-ring (bicyclic) bond motifs is 3. The minimum atomic E-state index is -1.77. The Morgan fingerprint density at radius 1 is 1.06 bits per heavy atom. The smallest absolute Gasteiger partial charge is 0.198 e. The fourth-order valence-electron chi connectivity index (χ4n) is 5.29. The molecule has 0 amide bonds. The number of rotatable bonds is 3. The summed E-state index contributed by atoms with van der Waals surface area (Å²) >= 11 is 0. The predicted octanol–water partition coefficient (Wildman–Crippen LogP) is 0.457. The summed E-state index contributed by atoms with van der Waals surface area (Å²) in [4.78, 5) is 26.5. The van der Waals surface area contributed by atoms with Crippen LogP contribution in [0.1, 0.15) is 68.8 Å². The fraction of sp³-hybridized carbons (Fsp3) is 0.440. The Morgan fingerprint density at radius 3 is 2.23 bits per heavy atom. The fourth-order valence-corrected chi connectivity index (χ4v) is 5.29. The van der Waals surface area contributed by atoms with Crippen molar-refractivity contribution >= 4 is 11.6 Å². The standard InChI is InChI=1S/C25H26O10/c1-10-20(28)14(27)6-16(34-10)35-15-8-25(33,9-26)7-13-17(15)24(32)19-18(23(13)31)21(29)11-4-2-3-5-12(11)22(19)30/h2-5,10,14-16,20,26-28,31-33H,6-9H2,1H3/t10-,14-,15-,16+,20+,25+/m0/s1. The Kier molecular flexibility index (Phi) is 5.71. The second-order valence-corrected chi connectivity index (χ2v) is 9.50. The van der Waals surface area contributed by atoms with E-state index in [2.05, 4.69) is 0 Å². The largest absolute Gasteiger partial charge is 0.507 e. The molecule has 6 N–H and O–H groups in total. The first kappa shape index (κ1) is 23.9. The lowest BCUT2D eigenvalue weighted by molar-refractivity contribution is -0.267. The Bertz CT molecular complexity index is 1210. The normalized spacial score (nSPS) is 32.1. The predicted molar refractivity (Wildman–Crippen MR) is 118 cm³/mol. The summed E-state index contributed by atoms with van der Waals surface area (Å²) in [7, 11) is 0. The molecular weight excluding hydrogens is 460 g/mol. The maximum Gasteiger partial charge on any atom is 0.198 e. The van der Waals surface area contributed by atoms with E-state index in [1.54, 1.807) is 19.1 Å². The van der Waals surface area contributed by atoms with E-state index in [1.807, 2.05) is 0 Å². The summed E-state index contributed by atoms with van der Waals surface area (Å²) < 4.78 is 11.6. The number of aromatic hydroxyl groups is 2. The van der Waals surface area contributed by atoms with Crippen molar-refractivity contribution in [2.75, 3.05) is 6.61 Å². The van der Waals surface area contributed by atoms with Crippen molar-refractivity contribution in [3.8, 4) is 11.5 Å². The van der Waals surface area contributed by atoms with Crippen LogP contribution < -0.4 is 0 Å². The van der Waals surface area contributed by atoms with Gasteiger partial charge in [0.2, 0.25) is 0 Å². The van der Waals surface area contributed by atoms with Gasteiger partial charge in [-0.3, -0.25) is 9.59 Å². The highest BCUT2D eigenvalue weighted by atomic mass is 16.7. The number of aliphatic hydroxyl groups is 4. The highest BCUT2D eigenvalue weighted by Gasteiger charge is 2.47. The highest BCUT2D eigenvalue weighted by molar-refractivity contribution is 6.30. The average Bonchev–Trinajstić information content (AvgIpc) is 2.83. The van der Waals surface area contributed by atoms with Gasteiger partial charge in [-0.25, -0.2) is 0 Å². The van der Waals surface area contributed by atoms with Gasteiger partial charge in [-0.1, -0.05) is 24.3 Å². The Morgan fingerprint density at radius 2 is 1.66 bits per heavy atom. The molecule has 3 aliphatic rings. The number of hydrogen-bond donors (Lipinski definition) is 6. The van der Waals surface area contributed by atoms with Crippen molar-refractivity contribution < 1.29 is 49.7 Å². The summed E-state index contributed by atoms with van der Waals surface area (Å²) in [5, 5.41) is 63.3. The summed E-state index contributed by atoms with van der Waals surface area (Å²) in [6.07, 6.45) is -5.93. The van der Waals surface area contributed by atoms with Crippen LogP contribution in [0.15, 0.2) is 24.3 Å². The van der Waals surface area contributed by atoms with Crippen molar-refractivity contribution in [2.45, 2.75) is 62.5 Å². The highest BCUT2D eigenvalue weighted by Crippen LogP contribution is 2.51. The van der Waals surface area contributed by atoms with Crippen LogP contribution in [0, 0.1) is 0 Å². The molecular formula is C25H26O10. The summed E-state index contributed by atoms with van der Waals surface area (Å²) in [6.45, 7) is 0.840.